The Morgan fingerprint density at radius 2 is 1.79 bits per heavy atom. The summed E-state index contributed by atoms with van der Waals surface area (Å²) in [5.74, 6) is -1.48. The van der Waals surface area contributed by atoms with Crippen LogP contribution in [0.1, 0.15) is 15.9 Å². The Kier molecular flexibility index (Phi) is 4.42. The van der Waals surface area contributed by atoms with E-state index in [1.54, 1.807) is 18.3 Å². The number of nitrogens with one attached hydrogen (secondary N) is 1. The van der Waals surface area contributed by atoms with Gasteiger partial charge in [0.15, 0.2) is 0 Å². The number of carbonyl (C=O) groups is 2. The average Bonchev–Trinajstić information content (AvgIpc) is 2.93. The predicted octanol–water partition coefficient (Wildman–Crippen LogP) is 2.86. The van der Waals surface area contributed by atoms with Crippen LogP contribution in [0.3, 0.4) is 0 Å². The molecule has 0 spiro atoms. The summed E-state index contributed by atoms with van der Waals surface area (Å²) in [4.78, 5) is 24.5. The zero-order chi connectivity index (χ0) is 17.1. The molecule has 4 nitrogen and oxygen atoms in total. The van der Waals surface area contributed by atoms with Gasteiger partial charge in [0.25, 0.3) is 11.7 Å². The van der Waals surface area contributed by atoms with Gasteiger partial charge >= 0.3 is 0 Å². The minimum atomic E-state index is -0.631. The Balaban J connectivity index is 1.66. The highest BCUT2D eigenvalue weighted by Crippen LogP contribution is 2.20. The van der Waals surface area contributed by atoms with Gasteiger partial charge < -0.3 is 9.88 Å². The summed E-state index contributed by atoms with van der Waals surface area (Å²) in [6, 6.07) is 13.5. The van der Waals surface area contributed by atoms with Crippen LogP contribution in [-0.2, 0) is 18.3 Å². The number of nitrogens with zero attached hydrogens (tertiary/aromatic N) is 1. The van der Waals surface area contributed by atoms with E-state index in [2.05, 4.69) is 5.32 Å². The van der Waals surface area contributed by atoms with Crippen molar-refractivity contribution < 1.29 is 14.0 Å². The number of carbonyl (C=O) groups excluding carboxylic acids is 2. The number of Topliss-reactive ketones (excluding diaryl/α,β-unsaturated/α-hetero) is 1. The third-order valence-electron chi connectivity index (χ3n) is 3.96. The van der Waals surface area contributed by atoms with E-state index in [-0.39, 0.29) is 5.82 Å². The topological polar surface area (TPSA) is 51.1 Å². The summed E-state index contributed by atoms with van der Waals surface area (Å²) in [5, 5.41) is 3.39. The number of aromatic nitrogens is 1. The van der Waals surface area contributed by atoms with Crippen molar-refractivity contribution in [2.24, 2.45) is 7.05 Å². The van der Waals surface area contributed by atoms with Gasteiger partial charge in [0, 0.05) is 30.7 Å². The minimum Gasteiger partial charge on any atom is -0.350 e. The fourth-order valence-electron chi connectivity index (χ4n) is 2.70. The van der Waals surface area contributed by atoms with Crippen molar-refractivity contribution >= 4 is 22.6 Å². The molecule has 24 heavy (non-hydrogen) atoms. The van der Waals surface area contributed by atoms with Crippen LogP contribution in [0.25, 0.3) is 10.9 Å². The second-order valence-electron chi connectivity index (χ2n) is 5.63. The summed E-state index contributed by atoms with van der Waals surface area (Å²) >= 11 is 0. The van der Waals surface area contributed by atoms with Crippen LogP contribution in [-0.4, -0.2) is 22.8 Å². The zero-order valence-corrected chi connectivity index (χ0v) is 13.3. The van der Waals surface area contributed by atoms with Gasteiger partial charge in [-0.3, -0.25) is 9.59 Å². The van der Waals surface area contributed by atoms with Gasteiger partial charge in [-0.05, 0) is 30.2 Å². The van der Waals surface area contributed by atoms with Crippen molar-refractivity contribution in [1.29, 1.82) is 0 Å². The quantitative estimate of drug-likeness (QED) is 0.579. The number of amides is 1. The van der Waals surface area contributed by atoms with Crippen molar-refractivity contribution in [3.8, 4) is 0 Å². The summed E-state index contributed by atoms with van der Waals surface area (Å²) in [6.07, 6.45) is 2.21. The number of fused-ring (bicyclic) bond motifs is 1. The van der Waals surface area contributed by atoms with E-state index in [4.69, 9.17) is 0 Å². The van der Waals surface area contributed by atoms with Gasteiger partial charge in [0.1, 0.15) is 5.82 Å². The molecule has 0 unspecified atom stereocenters. The van der Waals surface area contributed by atoms with Gasteiger partial charge in [-0.15, -0.1) is 0 Å². The molecule has 1 amide bonds. The molecule has 0 aliphatic heterocycles. The first-order chi connectivity index (χ1) is 11.6. The third kappa shape index (κ3) is 3.20. The lowest BCUT2D eigenvalue weighted by atomic mass is 10.1. The smallest absolute Gasteiger partial charge is 0.292 e. The molecule has 5 heteroatoms. The Morgan fingerprint density at radius 1 is 1.08 bits per heavy atom. The number of ketones is 1. The molecule has 0 fully saturated rings. The van der Waals surface area contributed by atoms with Gasteiger partial charge in [-0.2, -0.15) is 0 Å². The molecule has 0 atom stereocenters. The maximum absolute atomic E-state index is 12.8. The normalized spacial score (nSPS) is 10.8. The monoisotopic (exact) mass is 324 g/mol. The van der Waals surface area contributed by atoms with Gasteiger partial charge in [-0.25, -0.2) is 4.39 Å². The highest BCUT2D eigenvalue weighted by Gasteiger charge is 2.20. The molecule has 3 aromatic rings. The van der Waals surface area contributed by atoms with Crippen LogP contribution in [0.2, 0.25) is 0 Å². The molecule has 0 saturated heterocycles. The van der Waals surface area contributed by atoms with E-state index >= 15 is 0 Å². The van der Waals surface area contributed by atoms with Gasteiger partial charge in [0.05, 0.1) is 5.56 Å². The van der Waals surface area contributed by atoms with Crippen molar-refractivity contribution in [1.82, 2.24) is 9.88 Å². The molecule has 0 saturated carbocycles. The summed E-state index contributed by atoms with van der Waals surface area (Å²) in [7, 11) is 1.84. The maximum Gasteiger partial charge on any atom is 0.292 e. The van der Waals surface area contributed by atoms with E-state index < -0.39 is 11.7 Å². The second-order valence-corrected chi connectivity index (χ2v) is 5.63. The fraction of sp³-hybridized carbons (Fsp3) is 0.158. The lowest BCUT2D eigenvalue weighted by molar-refractivity contribution is -0.116. The molecule has 3 rings (SSSR count). The number of aryl methyl sites for hydroxylation is 1. The first kappa shape index (κ1) is 15.9. The van der Waals surface area contributed by atoms with Crippen LogP contribution in [0.15, 0.2) is 54.7 Å². The van der Waals surface area contributed by atoms with Gasteiger partial charge in [0.2, 0.25) is 0 Å². The van der Waals surface area contributed by atoms with Crippen molar-refractivity contribution in [3.05, 3.63) is 71.7 Å². The van der Waals surface area contributed by atoms with Crippen LogP contribution >= 0.6 is 0 Å². The van der Waals surface area contributed by atoms with Crippen molar-refractivity contribution in [2.45, 2.75) is 6.42 Å². The fourth-order valence-corrected chi connectivity index (χ4v) is 2.70. The third-order valence-corrected chi connectivity index (χ3v) is 3.96. The highest BCUT2D eigenvalue weighted by molar-refractivity contribution is 6.45. The van der Waals surface area contributed by atoms with E-state index in [9.17, 15) is 14.0 Å². The Labute approximate surface area is 138 Å². The van der Waals surface area contributed by atoms with E-state index in [0.29, 0.717) is 18.5 Å². The zero-order valence-electron chi connectivity index (χ0n) is 13.3. The summed E-state index contributed by atoms with van der Waals surface area (Å²) in [5.41, 5.74) is 2.20. The molecule has 0 aliphatic carbocycles. The van der Waals surface area contributed by atoms with Crippen LogP contribution < -0.4 is 5.32 Å². The maximum atomic E-state index is 12.8. The number of halogens is 1. The lowest BCUT2D eigenvalue weighted by Gasteiger charge is -2.04. The predicted molar refractivity (Wildman–Crippen MR) is 90.4 cm³/mol. The molecule has 0 radical (unpaired) electrons. The van der Waals surface area contributed by atoms with E-state index in [1.807, 2.05) is 35.9 Å². The number of hydrogen-bond acceptors (Lipinski definition) is 2. The van der Waals surface area contributed by atoms with Gasteiger partial charge in [-0.1, -0.05) is 30.3 Å². The number of rotatable bonds is 5. The molecule has 1 heterocycles. The lowest BCUT2D eigenvalue weighted by Crippen LogP contribution is -2.32. The second kappa shape index (κ2) is 6.66. The molecule has 2 aromatic carbocycles. The SMILES string of the molecule is Cn1cc(C(=O)C(=O)NCCc2ccc(F)cc2)c2ccccc21. The van der Waals surface area contributed by atoms with Crippen LogP contribution in [0.5, 0.6) is 0 Å². The van der Waals surface area contributed by atoms with Crippen LogP contribution in [0.4, 0.5) is 4.39 Å². The molecule has 0 aliphatic rings. The molecule has 1 aromatic heterocycles. The Bertz CT molecular complexity index is 897. The van der Waals surface area contributed by atoms with E-state index in [1.165, 1.54) is 12.1 Å². The first-order valence-electron chi connectivity index (χ1n) is 7.67. The summed E-state index contributed by atoms with van der Waals surface area (Å²) < 4.78 is 14.7. The largest absolute Gasteiger partial charge is 0.350 e. The van der Waals surface area contributed by atoms with Crippen molar-refractivity contribution in [2.75, 3.05) is 6.54 Å². The Morgan fingerprint density at radius 3 is 2.54 bits per heavy atom. The number of para-hydroxylation sites is 1. The first-order valence-corrected chi connectivity index (χ1v) is 7.67. The highest BCUT2D eigenvalue weighted by atomic mass is 19.1. The average molecular weight is 324 g/mol. The van der Waals surface area contributed by atoms with E-state index in [0.717, 1.165) is 16.5 Å². The minimum absolute atomic E-state index is 0.297. The molecular formula is C19H17FN2O2. The molecule has 122 valence electrons. The number of benzene rings is 2. The molecule has 0 bridgehead atoms. The molecular weight excluding hydrogens is 307 g/mol. The Hall–Kier alpha value is -2.95. The van der Waals surface area contributed by atoms with Crippen LogP contribution in [0, 0.1) is 5.82 Å². The summed E-state index contributed by atoms with van der Waals surface area (Å²) in [6.45, 7) is 0.320. The molecule has 1 N–H and O–H groups in total. The van der Waals surface area contributed by atoms with Crippen molar-refractivity contribution in [3.63, 3.8) is 0 Å². The standard InChI is InChI=1S/C19H17FN2O2/c1-22-12-16(15-4-2-3-5-17(15)22)18(23)19(24)21-11-10-13-6-8-14(20)9-7-13/h2-9,12H,10-11H2,1H3,(H,21,24). The number of hydrogen-bond donors (Lipinski definition) is 1.